The highest BCUT2D eigenvalue weighted by Crippen LogP contribution is 2.24. The number of carbonyl (C=O) groups is 1. The molecule has 2 aromatic rings. The van der Waals surface area contributed by atoms with E-state index in [0.29, 0.717) is 26.9 Å². The lowest BCUT2D eigenvalue weighted by atomic mass is 10.2. The average Bonchev–Trinajstić information content (AvgIpc) is 2.73. The Morgan fingerprint density at radius 3 is 2.80 bits per heavy atom. The number of alkyl halides is 1. The molecule has 0 unspecified atom stereocenters. The summed E-state index contributed by atoms with van der Waals surface area (Å²) in [5.41, 5.74) is 0.876. The van der Waals surface area contributed by atoms with Crippen LogP contribution in [0, 0.1) is 0 Å². The Kier molecular flexibility index (Phi) is 5.32. The summed E-state index contributed by atoms with van der Waals surface area (Å²) in [6.45, 7) is 0.464. The molecule has 1 aromatic carbocycles. The average molecular weight is 397 g/mol. The van der Waals surface area contributed by atoms with Crippen molar-refractivity contribution in [3.8, 4) is 0 Å². The van der Waals surface area contributed by atoms with Gasteiger partial charge in [0.2, 0.25) is 5.91 Å². The number of aromatic nitrogens is 2. The van der Waals surface area contributed by atoms with Crippen molar-refractivity contribution in [2.45, 2.75) is 6.54 Å². The second kappa shape index (κ2) is 6.80. The van der Waals surface area contributed by atoms with Crippen LogP contribution < -0.4 is 5.32 Å². The molecule has 0 radical (unpaired) electrons. The summed E-state index contributed by atoms with van der Waals surface area (Å²) in [5.74, 6) is -0.0228. The van der Waals surface area contributed by atoms with Gasteiger partial charge in [-0.05, 0) is 33.6 Å². The van der Waals surface area contributed by atoms with Crippen LogP contribution in [0.15, 0.2) is 28.9 Å². The zero-order valence-corrected chi connectivity index (χ0v) is 13.9. The fourth-order valence-corrected chi connectivity index (χ4v) is 2.50. The van der Waals surface area contributed by atoms with E-state index in [1.165, 1.54) is 0 Å². The van der Waals surface area contributed by atoms with E-state index >= 15 is 0 Å². The predicted octanol–water partition coefficient (Wildman–Crippen LogP) is 4.18. The third kappa shape index (κ3) is 3.88. The van der Waals surface area contributed by atoms with Crippen molar-refractivity contribution in [2.24, 2.45) is 0 Å². The lowest BCUT2D eigenvalue weighted by molar-refractivity contribution is -0.113. The smallest absolute Gasteiger partial charge is 0.240 e. The molecule has 0 spiro atoms. The number of hydrogen-bond acceptors (Lipinski definition) is 2. The summed E-state index contributed by atoms with van der Waals surface area (Å²) in [7, 11) is 0. The first-order chi connectivity index (χ1) is 9.49. The van der Waals surface area contributed by atoms with E-state index in [1.807, 2.05) is 6.07 Å². The maximum absolute atomic E-state index is 11.2. The van der Waals surface area contributed by atoms with Crippen LogP contribution >= 0.6 is 50.7 Å². The number of halogens is 4. The molecule has 106 valence electrons. The summed E-state index contributed by atoms with van der Waals surface area (Å²) in [6.07, 6.45) is 1.74. The van der Waals surface area contributed by atoms with Gasteiger partial charge in [0.25, 0.3) is 0 Å². The number of carbonyl (C=O) groups excluding carboxylic acids is 1. The van der Waals surface area contributed by atoms with Crippen LogP contribution in [0.25, 0.3) is 0 Å². The molecule has 0 aliphatic heterocycles. The zero-order valence-electron chi connectivity index (χ0n) is 10.0. The molecule has 1 N–H and O–H groups in total. The third-order valence-corrected chi connectivity index (χ3v) is 3.85. The lowest BCUT2D eigenvalue weighted by Crippen LogP contribution is -2.13. The van der Waals surface area contributed by atoms with Crippen LogP contribution in [0.1, 0.15) is 5.56 Å². The monoisotopic (exact) mass is 395 g/mol. The number of anilines is 1. The van der Waals surface area contributed by atoms with Crippen LogP contribution in [0.4, 0.5) is 5.82 Å². The van der Waals surface area contributed by atoms with E-state index in [4.69, 9.17) is 34.8 Å². The quantitative estimate of drug-likeness (QED) is 0.787. The first-order valence-corrected chi connectivity index (χ1v) is 7.60. The van der Waals surface area contributed by atoms with Crippen molar-refractivity contribution in [3.05, 3.63) is 44.5 Å². The van der Waals surface area contributed by atoms with Crippen molar-refractivity contribution in [1.29, 1.82) is 0 Å². The van der Waals surface area contributed by atoms with Gasteiger partial charge in [-0.15, -0.1) is 11.6 Å². The molecule has 0 atom stereocenters. The Morgan fingerprint density at radius 1 is 1.40 bits per heavy atom. The summed E-state index contributed by atoms with van der Waals surface area (Å²) in [6, 6.07) is 5.27. The summed E-state index contributed by atoms with van der Waals surface area (Å²) in [5, 5.41) is 7.97. The van der Waals surface area contributed by atoms with E-state index in [9.17, 15) is 4.79 Å². The third-order valence-electron chi connectivity index (χ3n) is 2.44. The van der Waals surface area contributed by atoms with Gasteiger partial charge in [-0.3, -0.25) is 9.48 Å². The van der Waals surface area contributed by atoms with Gasteiger partial charge in [-0.25, -0.2) is 0 Å². The van der Waals surface area contributed by atoms with Crippen molar-refractivity contribution in [2.75, 3.05) is 11.2 Å². The standard InChI is InChI=1S/C12H9BrCl3N3O/c13-9-6-19(18-12(9)17-11(20)4-14)5-7-1-2-8(15)3-10(7)16/h1-3,6H,4-5H2,(H,17,18,20). The second-order valence-electron chi connectivity index (χ2n) is 3.94. The molecule has 4 nitrogen and oxygen atoms in total. The van der Waals surface area contributed by atoms with E-state index in [2.05, 4.69) is 26.3 Å². The van der Waals surface area contributed by atoms with Gasteiger partial charge in [-0.1, -0.05) is 29.3 Å². The molecular formula is C12H9BrCl3N3O. The molecule has 0 fully saturated rings. The molecule has 0 saturated carbocycles. The number of hydrogen-bond donors (Lipinski definition) is 1. The molecule has 20 heavy (non-hydrogen) atoms. The van der Waals surface area contributed by atoms with Crippen molar-refractivity contribution in [3.63, 3.8) is 0 Å². The van der Waals surface area contributed by atoms with Crippen LogP contribution in [0.5, 0.6) is 0 Å². The molecule has 1 amide bonds. The zero-order chi connectivity index (χ0) is 14.7. The van der Waals surface area contributed by atoms with Crippen LogP contribution in [-0.2, 0) is 11.3 Å². The first-order valence-electron chi connectivity index (χ1n) is 5.52. The number of rotatable bonds is 4. The molecule has 0 aliphatic carbocycles. The van der Waals surface area contributed by atoms with Gasteiger partial charge in [0.15, 0.2) is 5.82 Å². The molecule has 0 aliphatic rings. The molecule has 8 heteroatoms. The Balaban J connectivity index is 2.18. The van der Waals surface area contributed by atoms with E-state index in [-0.39, 0.29) is 11.8 Å². The summed E-state index contributed by atoms with van der Waals surface area (Å²) < 4.78 is 2.32. The minimum atomic E-state index is -0.317. The Morgan fingerprint density at radius 2 is 2.15 bits per heavy atom. The number of nitrogens with zero attached hydrogens (tertiary/aromatic N) is 2. The van der Waals surface area contributed by atoms with Gasteiger partial charge in [0.05, 0.1) is 11.0 Å². The van der Waals surface area contributed by atoms with Gasteiger partial charge in [0.1, 0.15) is 5.88 Å². The molecule has 1 heterocycles. The van der Waals surface area contributed by atoms with Crippen molar-refractivity contribution < 1.29 is 4.79 Å². The van der Waals surface area contributed by atoms with Crippen LogP contribution in [0.3, 0.4) is 0 Å². The normalized spacial score (nSPS) is 10.6. The van der Waals surface area contributed by atoms with Crippen molar-refractivity contribution >= 4 is 62.5 Å². The van der Waals surface area contributed by atoms with Gasteiger partial charge in [0, 0.05) is 16.2 Å². The minimum Gasteiger partial charge on any atom is -0.307 e. The summed E-state index contributed by atoms with van der Waals surface area (Å²) >= 11 is 20.7. The predicted molar refractivity (Wildman–Crippen MR) is 84.8 cm³/mol. The fraction of sp³-hybridized carbons (Fsp3) is 0.167. The van der Waals surface area contributed by atoms with E-state index < -0.39 is 0 Å². The maximum Gasteiger partial charge on any atom is 0.240 e. The van der Waals surface area contributed by atoms with E-state index in [1.54, 1.807) is 23.0 Å². The number of nitrogens with one attached hydrogen (secondary N) is 1. The highest BCUT2D eigenvalue weighted by molar-refractivity contribution is 9.10. The topological polar surface area (TPSA) is 46.9 Å². The second-order valence-corrected chi connectivity index (χ2v) is 5.91. The van der Waals surface area contributed by atoms with Gasteiger partial charge < -0.3 is 5.32 Å². The molecule has 0 bridgehead atoms. The Bertz CT molecular complexity index is 645. The largest absolute Gasteiger partial charge is 0.307 e. The first kappa shape index (κ1) is 15.6. The SMILES string of the molecule is O=C(CCl)Nc1nn(Cc2ccc(Cl)cc2Cl)cc1Br. The number of amides is 1. The molecule has 1 aromatic heterocycles. The highest BCUT2D eigenvalue weighted by atomic mass is 79.9. The van der Waals surface area contributed by atoms with Crippen molar-refractivity contribution in [1.82, 2.24) is 9.78 Å². The highest BCUT2D eigenvalue weighted by Gasteiger charge is 2.11. The Hall–Kier alpha value is -0.750. The Labute approximate surface area is 139 Å². The number of benzene rings is 1. The van der Waals surface area contributed by atoms with E-state index in [0.717, 1.165) is 5.56 Å². The van der Waals surface area contributed by atoms with Gasteiger partial charge >= 0.3 is 0 Å². The van der Waals surface area contributed by atoms with Crippen LogP contribution in [-0.4, -0.2) is 21.6 Å². The van der Waals surface area contributed by atoms with Gasteiger partial charge in [-0.2, -0.15) is 5.10 Å². The van der Waals surface area contributed by atoms with Crippen LogP contribution in [0.2, 0.25) is 10.0 Å². The molecular weight excluding hydrogens is 388 g/mol. The maximum atomic E-state index is 11.2. The fourth-order valence-electron chi connectivity index (χ4n) is 1.55. The minimum absolute atomic E-state index is 0.123. The lowest BCUT2D eigenvalue weighted by Gasteiger charge is -2.05. The summed E-state index contributed by atoms with van der Waals surface area (Å²) in [4.78, 5) is 11.2. The molecule has 2 rings (SSSR count). The molecule has 0 saturated heterocycles.